The number of amides is 3. The third-order valence-corrected chi connectivity index (χ3v) is 2.08. The van der Waals surface area contributed by atoms with Gasteiger partial charge in [-0.2, -0.15) is 0 Å². The van der Waals surface area contributed by atoms with Gasteiger partial charge in [0.05, 0.1) is 6.61 Å². The summed E-state index contributed by atoms with van der Waals surface area (Å²) >= 11 is 0. The summed E-state index contributed by atoms with van der Waals surface area (Å²) in [6.45, 7) is 3.90. The van der Waals surface area contributed by atoms with Crippen LogP contribution < -0.4 is 16.4 Å². The topological polar surface area (TPSA) is 111 Å². The van der Waals surface area contributed by atoms with Gasteiger partial charge in [0.1, 0.15) is 6.04 Å². The first-order chi connectivity index (χ1) is 8.47. The maximum Gasteiger partial charge on any atom is 0.328 e. The first-order valence-electron chi connectivity index (χ1n) is 5.94. The molecule has 0 aliphatic rings. The molecule has 0 aromatic heterocycles. The van der Waals surface area contributed by atoms with Crippen molar-refractivity contribution in [2.45, 2.75) is 39.2 Å². The maximum absolute atomic E-state index is 11.6. The zero-order valence-corrected chi connectivity index (χ0v) is 10.8. The Morgan fingerprint density at radius 3 is 2.50 bits per heavy atom. The lowest BCUT2D eigenvalue weighted by Gasteiger charge is -2.16. The number of urea groups is 1. The second-order valence-electron chi connectivity index (χ2n) is 3.85. The minimum Gasteiger partial charge on any atom is -0.464 e. The number of nitrogens with two attached hydrogens (primary N) is 1. The molecule has 0 aliphatic carbocycles. The molecule has 104 valence electrons. The summed E-state index contributed by atoms with van der Waals surface area (Å²) in [6, 6.07) is -1.29. The maximum atomic E-state index is 11.6. The number of carbonyl (C=O) groups is 3. The molecule has 0 saturated heterocycles. The molecule has 1 atom stereocenters. The monoisotopic (exact) mass is 259 g/mol. The predicted octanol–water partition coefficient (Wildman–Crippen LogP) is -0.107. The van der Waals surface area contributed by atoms with E-state index in [1.807, 2.05) is 6.92 Å². The van der Waals surface area contributed by atoms with E-state index in [0.717, 1.165) is 6.42 Å². The third-order valence-electron chi connectivity index (χ3n) is 2.08. The zero-order valence-electron chi connectivity index (χ0n) is 10.8. The summed E-state index contributed by atoms with van der Waals surface area (Å²) in [5.41, 5.74) is 4.90. The third kappa shape index (κ3) is 8.37. The second-order valence-corrected chi connectivity index (χ2v) is 3.85. The van der Waals surface area contributed by atoms with Gasteiger partial charge < -0.3 is 21.1 Å². The van der Waals surface area contributed by atoms with Crippen LogP contribution in [0.5, 0.6) is 0 Å². The van der Waals surface area contributed by atoms with E-state index < -0.39 is 18.0 Å². The predicted molar refractivity (Wildman–Crippen MR) is 65.7 cm³/mol. The summed E-state index contributed by atoms with van der Waals surface area (Å²) in [6.07, 6.45) is 1.64. The number of hydrogen-bond donors (Lipinski definition) is 3. The van der Waals surface area contributed by atoms with Crippen molar-refractivity contribution < 1.29 is 19.1 Å². The van der Waals surface area contributed by atoms with Crippen LogP contribution in [-0.4, -0.2) is 37.1 Å². The van der Waals surface area contributed by atoms with E-state index in [1.54, 1.807) is 0 Å². The normalized spacial score (nSPS) is 11.4. The van der Waals surface area contributed by atoms with Crippen LogP contribution in [0.15, 0.2) is 0 Å². The number of primary amides is 1. The molecule has 0 spiro atoms. The number of hydrogen-bond acceptors (Lipinski definition) is 4. The molecular weight excluding hydrogens is 238 g/mol. The first kappa shape index (κ1) is 16.2. The number of ether oxygens (including phenoxy) is 1. The fraction of sp³-hybridized carbons (Fsp3) is 0.727. The molecule has 7 nitrogen and oxygen atoms in total. The van der Waals surface area contributed by atoms with E-state index >= 15 is 0 Å². The van der Waals surface area contributed by atoms with Crippen LogP contribution in [0.25, 0.3) is 0 Å². The zero-order chi connectivity index (χ0) is 14.0. The standard InChI is InChI=1S/C11H21N3O4/c1-3-7-18-10(16)9(14-8(2)15)5-4-6-13-11(12)17/h9H,3-7H2,1-2H3,(H,14,15)(H3,12,13,17)/t9-/m0/s1. The van der Waals surface area contributed by atoms with Crippen molar-refractivity contribution in [2.24, 2.45) is 5.73 Å². The van der Waals surface area contributed by atoms with Gasteiger partial charge in [-0.15, -0.1) is 0 Å². The molecule has 0 saturated carbocycles. The Hall–Kier alpha value is -1.79. The fourth-order valence-corrected chi connectivity index (χ4v) is 1.32. The van der Waals surface area contributed by atoms with Gasteiger partial charge in [0.25, 0.3) is 0 Å². The van der Waals surface area contributed by atoms with Gasteiger partial charge in [-0.1, -0.05) is 6.92 Å². The lowest BCUT2D eigenvalue weighted by molar-refractivity contribution is -0.148. The van der Waals surface area contributed by atoms with Crippen molar-refractivity contribution in [2.75, 3.05) is 13.2 Å². The number of rotatable bonds is 8. The Labute approximate surface area is 106 Å². The summed E-state index contributed by atoms with van der Waals surface area (Å²) in [5, 5.41) is 4.93. The molecule has 18 heavy (non-hydrogen) atoms. The van der Waals surface area contributed by atoms with Crippen LogP contribution >= 0.6 is 0 Å². The largest absolute Gasteiger partial charge is 0.464 e. The Kier molecular flexibility index (Phi) is 8.34. The van der Waals surface area contributed by atoms with Crippen LogP contribution in [0.2, 0.25) is 0 Å². The Morgan fingerprint density at radius 2 is 2.00 bits per heavy atom. The summed E-state index contributed by atoms with van der Waals surface area (Å²) < 4.78 is 4.97. The van der Waals surface area contributed by atoms with Crippen molar-refractivity contribution in [3.8, 4) is 0 Å². The fourth-order valence-electron chi connectivity index (χ4n) is 1.32. The van der Waals surface area contributed by atoms with E-state index in [9.17, 15) is 14.4 Å². The highest BCUT2D eigenvalue weighted by molar-refractivity contribution is 5.83. The molecule has 3 amide bonds. The van der Waals surface area contributed by atoms with Crippen LogP contribution in [0.3, 0.4) is 0 Å². The molecule has 7 heteroatoms. The molecular formula is C11H21N3O4. The lowest BCUT2D eigenvalue weighted by atomic mass is 10.1. The molecule has 0 rings (SSSR count). The van der Waals surface area contributed by atoms with Crippen molar-refractivity contribution in [3.63, 3.8) is 0 Å². The summed E-state index contributed by atoms with van der Waals surface area (Å²) in [5.74, 6) is -0.748. The second kappa shape index (κ2) is 9.26. The highest BCUT2D eigenvalue weighted by Gasteiger charge is 2.20. The Morgan fingerprint density at radius 1 is 1.33 bits per heavy atom. The molecule has 0 radical (unpaired) electrons. The highest BCUT2D eigenvalue weighted by Crippen LogP contribution is 2.00. The molecule has 0 aromatic rings. The summed E-state index contributed by atoms with van der Waals surface area (Å²) in [7, 11) is 0. The molecule has 4 N–H and O–H groups in total. The lowest BCUT2D eigenvalue weighted by Crippen LogP contribution is -2.41. The minimum absolute atomic E-state index is 0.295. The van der Waals surface area contributed by atoms with E-state index in [2.05, 4.69) is 10.6 Å². The first-order valence-corrected chi connectivity index (χ1v) is 5.94. The molecule has 0 unspecified atom stereocenters. The van der Waals surface area contributed by atoms with E-state index in [1.165, 1.54) is 6.92 Å². The van der Waals surface area contributed by atoms with Gasteiger partial charge in [0.15, 0.2) is 0 Å². The smallest absolute Gasteiger partial charge is 0.328 e. The van der Waals surface area contributed by atoms with Crippen LogP contribution in [-0.2, 0) is 14.3 Å². The van der Waals surface area contributed by atoms with Crippen molar-refractivity contribution in [1.82, 2.24) is 10.6 Å². The van der Waals surface area contributed by atoms with Crippen molar-refractivity contribution in [1.29, 1.82) is 0 Å². The molecule has 0 aliphatic heterocycles. The Bertz CT molecular complexity index is 294. The number of esters is 1. The molecule has 0 aromatic carbocycles. The highest BCUT2D eigenvalue weighted by atomic mass is 16.5. The van der Waals surface area contributed by atoms with Gasteiger partial charge >= 0.3 is 12.0 Å². The van der Waals surface area contributed by atoms with E-state index in [4.69, 9.17) is 10.5 Å². The average molecular weight is 259 g/mol. The van der Waals surface area contributed by atoms with Crippen molar-refractivity contribution in [3.05, 3.63) is 0 Å². The van der Waals surface area contributed by atoms with Gasteiger partial charge in [0, 0.05) is 13.5 Å². The summed E-state index contributed by atoms with van der Waals surface area (Å²) in [4.78, 5) is 33.0. The molecule has 0 fully saturated rings. The van der Waals surface area contributed by atoms with E-state index in [0.29, 0.717) is 26.0 Å². The van der Waals surface area contributed by atoms with Gasteiger partial charge in [0.2, 0.25) is 5.91 Å². The minimum atomic E-state index is -0.677. The van der Waals surface area contributed by atoms with Crippen LogP contribution in [0, 0.1) is 0 Å². The van der Waals surface area contributed by atoms with Gasteiger partial charge in [-0.05, 0) is 19.3 Å². The van der Waals surface area contributed by atoms with Crippen LogP contribution in [0.4, 0.5) is 4.79 Å². The van der Waals surface area contributed by atoms with E-state index in [-0.39, 0.29) is 5.91 Å². The quantitative estimate of drug-likeness (QED) is 0.417. The van der Waals surface area contributed by atoms with Crippen LogP contribution in [0.1, 0.15) is 33.1 Å². The number of carbonyl (C=O) groups excluding carboxylic acids is 3. The molecule has 0 heterocycles. The SMILES string of the molecule is CCCOC(=O)[C@H](CCCNC(N)=O)NC(C)=O. The molecule has 0 bridgehead atoms. The Balaban J connectivity index is 4.09. The number of nitrogens with one attached hydrogen (secondary N) is 2. The van der Waals surface area contributed by atoms with Gasteiger partial charge in [-0.25, -0.2) is 9.59 Å². The average Bonchev–Trinajstić information content (AvgIpc) is 2.29. The van der Waals surface area contributed by atoms with Gasteiger partial charge in [-0.3, -0.25) is 4.79 Å². The van der Waals surface area contributed by atoms with Crippen molar-refractivity contribution >= 4 is 17.9 Å².